The molecule has 0 aromatic carbocycles. The SMILES string of the molecule is CN(C(=O)NCc1c(-c2ccc(O)c(C(F)(F)F)n2)nnn1C)C1CCCC1. The number of amides is 2. The molecule has 1 fully saturated rings. The average Bonchev–Trinajstić information content (AvgIpc) is 3.28. The molecule has 2 heterocycles. The average molecular weight is 398 g/mol. The fourth-order valence-corrected chi connectivity index (χ4v) is 3.31. The topological polar surface area (TPSA) is 96.2 Å². The first kappa shape index (κ1) is 19.9. The Morgan fingerprint density at radius 1 is 1.36 bits per heavy atom. The van der Waals surface area contributed by atoms with Crippen LogP contribution >= 0.6 is 0 Å². The highest BCUT2D eigenvalue weighted by molar-refractivity contribution is 5.74. The largest absolute Gasteiger partial charge is 0.506 e. The Labute approximate surface area is 159 Å². The Kier molecular flexibility index (Phi) is 5.43. The maximum Gasteiger partial charge on any atom is 0.437 e. The number of hydrogen-bond donors (Lipinski definition) is 2. The van der Waals surface area contributed by atoms with Crippen LogP contribution in [0.5, 0.6) is 5.75 Å². The molecule has 152 valence electrons. The molecule has 0 radical (unpaired) electrons. The van der Waals surface area contributed by atoms with Crippen LogP contribution in [0.3, 0.4) is 0 Å². The highest BCUT2D eigenvalue weighted by atomic mass is 19.4. The van der Waals surface area contributed by atoms with E-state index in [1.807, 2.05) is 0 Å². The molecule has 2 aromatic heterocycles. The van der Waals surface area contributed by atoms with E-state index >= 15 is 0 Å². The number of carbonyl (C=O) groups excluding carboxylic acids is 1. The van der Waals surface area contributed by atoms with Gasteiger partial charge in [-0.3, -0.25) is 0 Å². The molecule has 0 atom stereocenters. The predicted octanol–water partition coefficient (Wildman–Crippen LogP) is 2.69. The van der Waals surface area contributed by atoms with Crippen LogP contribution in [0.2, 0.25) is 0 Å². The number of aromatic nitrogens is 4. The summed E-state index contributed by atoms with van der Waals surface area (Å²) in [5, 5.41) is 19.9. The minimum atomic E-state index is -4.80. The summed E-state index contributed by atoms with van der Waals surface area (Å²) in [5.74, 6) is -0.965. The Morgan fingerprint density at radius 3 is 2.68 bits per heavy atom. The van der Waals surface area contributed by atoms with Crippen LogP contribution < -0.4 is 5.32 Å². The molecule has 2 N–H and O–H groups in total. The summed E-state index contributed by atoms with van der Waals surface area (Å²) < 4.78 is 40.4. The van der Waals surface area contributed by atoms with Crippen LogP contribution in [-0.2, 0) is 19.8 Å². The Morgan fingerprint density at radius 2 is 2.04 bits per heavy atom. The lowest BCUT2D eigenvalue weighted by atomic mass is 10.2. The van der Waals surface area contributed by atoms with E-state index in [-0.39, 0.29) is 30.0 Å². The van der Waals surface area contributed by atoms with Crippen LogP contribution in [0.1, 0.15) is 37.1 Å². The van der Waals surface area contributed by atoms with Crippen LogP contribution in [0.25, 0.3) is 11.4 Å². The normalized spacial score (nSPS) is 15.0. The van der Waals surface area contributed by atoms with Crippen LogP contribution in [0.15, 0.2) is 12.1 Å². The van der Waals surface area contributed by atoms with Gasteiger partial charge in [-0.25, -0.2) is 14.5 Å². The van der Waals surface area contributed by atoms with Crippen molar-refractivity contribution in [3.05, 3.63) is 23.5 Å². The molecular weight excluding hydrogens is 377 g/mol. The summed E-state index contributed by atoms with van der Waals surface area (Å²) in [6.45, 7) is 0.0264. The zero-order chi connectivity index (χ0) is 20.5. The van der Waals surface area contributed by atoms with Crippen molar-refractivity contribution in [1.82, 2.24) is 30.2 Å². The van der Waals surface area contributed by atoms with Crippen molar-refractivity contribution >= 4 is 6.03 Å². The molecule has 0 bridgehead atoms. The number of rotatable bonds is 4. The standard InChI is InChI=1S/C17H21F3N6O2/c1-25(10-5-3-4-6-10)16(28)21-9-12-14(23-24-26(12)2)11-7-8-13(27)15(22-11)17(18,19)20/h7-8,10,27H,3-6,9H2,1-2H3,(H,21,28). The zero-order valence-electron chi connectivity index (χ0n) is 15.5. The molecule has 0 saturated heterocycles. The van der Waals surface area contributed by atoms with Gasteiger partial charge in [0, 0.05) is 20.1 Å². The second-order valence-electron chi connectivity index (χ2n) is 6.78. The van der Waals surface area contributed by atoms with Crippen molar-refractivity contribution in [1.29, 1.82) is 0 Å². The molecule has 1 aliphatic carbocycles. The zero-order valence-corrected chi connectivity index (χ0v) is 15.5. The fraction of sp³-hybridized carbons (Fsp3) is 0.529. The lowest BCUT2D eigenvalue weighted by molar-refractivity contribution is -0.142. The van der Waals surface area contributed by atoms with Crippen LogP contribution in [0, 0.1) is 0 Å². The lowest BCUT2D eigenvalue weighted by Gasteiger charge is -2.24. The van der Waals surface area contributed by atoms with E-state index in [9.17, 15) is 23.1 Å². The Bertz CT molecular complexity index is 861. The van der Waals surface area contributed by atoms with Gasteiger partial charge in [0.2, 0.25) is 0 Å². The number of aryl methyl sites for hydroxylation is 1. The molecule has 11 heteroatoms. The van der Waals surface area contributed by atoms with Gasteiger partial charge in [-0.15, -0.1) is 5.10 Å². The minimum absolute atomic E-state index is 0.0264. The van der Waals surface area contributed by atoms with E-state index in [1.165, 1.54) is 10.7 Å². The summed E-state index contributed by atoms with van der Waals surface area (Å²) in [5.41, 5.74) is -0.977. The van der Waals surface area contributed by atoms with Gasteiger partial charge in [-0.2, -0.15) is 13.2 Å². The van der Waals surface area contributed by atoms with Gasteiger partial charge in [0.1, 0.15) is 11.4 Å². The quantitative estimate of drug-likeness (QED) is 0.826. The van der Waals surface area contributed by atoms with Crippen molar-refractivity contribution in [2.45, 2.75) is 44.4 Å². The fourth-order valence-electron chi connectivity index (χ4n) is 3.31. The number of carbonyl (C=O) groups is 1. The minimum Gasteiger partial charge on any atom is -0.506 e. The van der Waals surface area contributed by atoms with Crippen molar-refractivity contribution < 1.29 is 23.1 Å². The van der Waals surface area contributed by atoms with Crippen molar-refractivity contribution in [3.63, 3.8) is 0 Å². The van der Waals surface area contributed by atoms with Gasteiger partial charge in [0.05, 0.1) is 17.9 Å². The lowest BCUT2D eigenvalue weighted by Crippen LogP contribution is -2.42. The second kappa shape index (κ2) is 7.64. The molecular formula is C17H21F3N6O2. The second-order valence-corrected chi connectivity index (χ2v) is 6.78. The number of nitrogens with zero attached hydrogens (tertiary/aromatic N) is 5. The van der Waals surface area contributed by atoms with E-state index in [0.717, 1.165) is 31.7 Å². The molecule has 1 saturated carbocycles. The summed E-state index contributed by atoms with van der Waals surface area (Å²) in [6.07, 6.45) is -0.709. The summed E-state index contributed by atoms with van der Waals surface area (Å²) in [4.78, 5) is 17.5. The van der Waals surface area contributed by atoms with Gasteiger partial charge < -0.3 is 15.3 Å². The molecule has 28 heavy (non-hydrogen) atoms. The highest BCUT2D eigenvalue weighted by Crippen LogP contribution is 2.35. The number of halogens is 3. The molecule has 2 amide bonds. The predicted molar refractivity (Wildman–Crippen MR) is 93.2 cm³/mol. The summed E-state index contributed by atoms with van der Waals surface area (Å²) in [7, 11) is 3.30. The number of nitrogens with one attached hydrogen (secondary N) is 1. The van der Waals surface area contributed by atoms with Crippen LogP contribution in [-0.4, -0.2) is 49.1 Å². The van der Waals surface area contributed by atoms with E-state index < -0.39 is 17.6 Å². The van der Waals surface area contributed by atoms with Crippen LogP contribution in [0.4, 0.5) is 18.0 Å². The Balaban J connectivity index is 1.80. The summed E-state index contributed by atoms with van der Waals surface area (Å²) in [6, 6.07) is 2.06. The third-order valence-corrected chi connectivity index (χ3v) is 4.93. The number of aromatic hydroxyl groups is 1. The number of urea groups is 1. The number of hydrogen-bond acceptors (Lipinski definition) is 5. The van der Waals surface area contributed by atoms with Gasteiger partial charge in [-0.05, 0) is 25.0 Å². The smallest absolute Gasteiger partial charge is 0.437 e. The van der Waals surface area contributed by atoms with Gasteiger partial charge >= 0.3 is 12.2 Å². The number of alkyl halides is 3. The maximum absolute atomic E-state index is 13.0. The van der Waals surface area contributed by atoms with E-state index in [0.29, 0.717) is 5.69 Å². The molecule has 8 nitrogen and oxygen atoms in total. The van der Waals surface area contributed by atoms with E-state index in [4.69, 9.17) is 0 Å². The van der Waals surface area contributed by atoms with Gasteiger partial charge in [0.15, 0.2) is 5.69 Å². The molecule has 1 aliphatic rings. The molecule has 0 unspecified atom stereocenters. The highest BCUT2D eigenvalue weighted by Gasteiger charge is 2.36. The molecule has 2 aromatic rings. The van der Waals surface area contributed by atoms with E-state index in [1.54, 1.807) is 19.0 Å². The third-order valence-electron chi connectivity index (χ3n) is 4.93. The van der Waals surface area contributed by atoms with Gasteiger partial charge in [0.25, 0.3) is 0 Å². The monoisotopic (exact) mass is 398 g/mol. The molecule has 0 aliphatic heterocycles. The maximum atomic E-state index is 13.0. The summed E-state index contributed by atoms with van der Waals surface area (Å²) >= 11 is 0. The molecule has 0 spiro atoms. The first-order chi connectivity index (χ1) is 13.2. The number of pyridine rings is 1. The van der Waals surface area contributed by atoms with Gasteiger partial charge in [-0.1, -0.05) is 18.1 Å². The van der Waals surface area contributed by atoms with Crippen molar-refractivity contribution in [2.24, 2.45) is 7.05 Å². The van der Waals surface area contributed by atoms with E-state index in [2.05, 4.69) is 20.6 Å². The molecule has 3 rings (SSSR count). The third kappa shape index (κ3) is 4.02. The first-order valence-corrected chi connectivity index (χ1v) is 8.85. The van der Waals surface area contributed by atoms with Crippen molar-refractivity contribution in [3.8, 4) is 17.1 Å². The Hall–Kier alpha value is -2.85. The van der Waals surface area contributed by atoms with Crippen molar-refractivity contribution in [2.75, 3.05) is 7.05 Å². The first-order valence-electron chi connectivity index (χ1n) is 8.85.